The van der Waals surface area contributed by atoms with Crippen LogP contribution in [0.25, 0.3) is 44.5 Å². The van der Waals surface area contributed by atoms with Crippen LogP contribution in [0.1, 0.15) is 32.4 Å². The summed E-state index contributed by atoms with van der Waals surface area (Å²) in [6.07, 6.45) is 7.54. The first-order chi connectivity index (χ1) is 16.1. The van der Waals surface area contributed by atoms with Gasteiger partial charge in [-0.3, -0.25) is 4.98 Å². The molecule has 1 aliphatic heterocycles. The zero-order chi connectivity index (χ0) is 22.5. The zero-order valence-corrected chi connectivity index (χ0v) is 18.7. The van der Waals surface area contributed by atoms with Crippen LogP contribution < -0.4 is 5.32 Å². The van der Waals surface area contributed by atoms with Gasteiger partial charge in [0.15, 0.2) is 11.6 Å². The Labute approximate surface area is 191 Å². The summed E-state index contributed by atoms with van der Waals surface area (Å²) in [5, 5.41) is 5.62. The van der Waals surface area contributed by atoms with Crippen molar-refractivity contribution in [3.63, 3.8) is 0 Å². The molecule has 0 radical (unpaired) electrons. The lowest BCUT2D eigenvalue weighted by molar-refractivity contribution is 0.561. The summed E-state index contributed by atoms with van der Waals surface area (Å²) >= 11 is 0. The van der Waals surface area contributed by atoms with E-state index in [9.17, 15) is 0 Å². The van der Waals surface area contributed by atoms with Crippen LogP contribution >= 0.6 is 0 Å². The van der Waals surface area contributed by atoms with E-state index >= 15 is 0 Å². The minimum atomic E-state index is 0.0860. The van der Waals surface area contributed by atoms with Gasteiger partial charge >= 0.3 is 0 Å². The van der Waals surface area contributed by atoms with Crippen molar-refractivity contribution < 1.29 is 0 Å². The monoisotopic (exact) mass is 433 g/mol. The fourth-order valence-electron chi connectivity index (χ4n) is 4.43. The highest BCUT2D eigenvalue weighted by Gasteiger charge is 2.26. The largest absolute Gasteiger partial charge is 0.345 e. The fraction of sp³-hybridized carbons (Fsp3) is 0.192. The third-order valence-electron chi connectivity index (χ3n) is 6.01. The molecule has 7 heteroatoms. The van der Waals surface area contributed by atoms with Crippen molar-refractivity contribution >= 4 is 33.5 Å². The van der Waals surface area contributed by atoms with E-state index in [0.717, 1.165) is 55.7 Å². The molecule has 1 atom stereocenters. The normalized spacial score (nSPS) is 15.4. The number of aromatic nitrogens is 5. The molecule has 6 rings (SSSR count). The van der Waals surface area contributed by atoms with Crippen molar-refractivity contribution in [1.29, 1.82) is 0 Å². The summed E-state index contributed by atoms with van der Waals surface area (Å²) in [4.78, 5) is 26.5. The van der Waals surface area contributed by atoms with Crippen molar-refractivity contribution in [3.05, 3.63) is 66.7 Å². The Balaban J connectivity index is 1.38. The highest BCUT2D eigenvalue weighted by atomic mass is 15.0. The van der Waals surface area contributed by atoms with Gasteiger partial charge in [-0.05, 0) is 51.1 Å². The average molecular weight is 434 g/mol. The van der Waals surface area contributed by atoms with Crippen molar-refractivity contribution in [3.8, 4) is 22.5 Å². The first-order valence-corrected chi connectivity index (χ1v) is 11.1. The molecule has 4 aromatic heterocycles. The van der Waals surface area contributed by atoms with Crippen LogP contribution in [0.2, 0.25) is 0 Å². The molecule has 0 saturated heterocycles. The number of nitrogens with one attached hydrogen (secondary N) is 2. The highest BCUT2D eigenvalue weighted by Crippen LogP contribution is 2.37. The van der Waals surface area contributed by atoms with E-state index in [2.05, 4.69) is 56.2 Å². The first kappa shape index (κ1) is 19.7. The molecule has 7 nitrogen and oxygen atoms in total. The Bertz CT molecular complexity index is 1550. The quantitative estimate of drug-likeness (QED) is 0.397. The van der Waals surface area contributed by atoms with Gasteiger partial charge < -0.3 is 10.3 Å². The van der Waals surface area contributed by atoms with Gasteiger partial charge in [-0.2, -0.15) is 0 Å². The SMILES string of the molecule is CC1=Nc2ncc(-c3c[nH]c4nc(-c5ccc6ncccc6c5)ncc34)cc2C1NC(C)C. The number of benzene rings is 1. The van der Waals surface area contributed by atoms with E-state index in [1.165, 1.54) is 0 Å². The maximum absolute atomic E-state index is 4.79. The summed E-state index contributed by atoms with van der Waals surface area (Å²) in [6.45, 7) is 6.33. The van der Waals surface area contributed by atoms with Crippen molar-refractivity contribution in [2.75, 3.05) is 0 Å². The molecular weight excluding hydrogens is 410 g/mol. The fourth-order valence-corrected chi connectivity index (χ4v) is 4.43. The molecule has 5 aromatic rings. The lowest BCUT2D eigenvalue weighted by Gasteiger charge is -2.17. The van der Waals surface area contributed by atoms with Gasteiger partial charge in [-0.15, -0.1) is 0 Å². The Morgan fingerprint density at radius 2 is 1.91 bits per heavy atom. The van der Waals surface area contributed by atoms with Crippen LogP contribution in [-0.2, 0) is 0 Å². The Morgan fingerprint density at radius 1 is 1.00 bits per heavy atom. The molecule has 162 valence electrons. The Morgan fingerprint density at radius 3 is 2.79 bits per heavy atom. The predicted molar refractivity (Wildman–Crippen MR) is 132 cm³/mol. The minimum Gasteiger partial charge on any atom is -0.345 e. The number of aromatic amines is 1. The van der Waals surface area contributed by atoms with Crippen LogP contribution in [0.15, 0.2) is 66.2 Å². The number of nitrogens with zero attached hydrogens (tertiary/aromatic N) is 5. The van der Waals surface area contributed by atoms with Crippen molar-refractivity contribution in [2.24, 2.45) is 4.99 Å². The molecule has 1 aromatic carbocycles. The van der Waals surface area contributed by atoms with Crippen LogP contribution in [0.4, 0.5) is 5.82 Å². The smallest absolute Gasteiger partial charge is 0.161 e. The van der Waals surface area contributed by atoms with Gasteiger partial charge in [0.1, 0.15) is 5.65 Å². The maximum Gasteiger partial charge on any atom is 0.161 e. The third kappa shape index (κ3) is 3.37. The highest BCUT2D eigenvalue weighted by molar-refractivity contribution is 5.98. The minimum absolute atomic E-state index is 0.0860. The Hall–Kier alpha value is -3.97. The second-order valence-corrected chi connectivity index (χ2v) is 8.71. The van der Waals surface area contributed by atoms with Crippen LogP contribution in [0.5, 0.6) is 0 Å². The van der Waals surface area contributed by atoms with Gasteiger partial charge in [0.25, 0.3) is 0 Å². The molecular formula is C26H23N7. The number of pyridine rings is 2. The van der Waals surface area contributed by atoms with E-state index in [4.69, 9.17) is 4.98 Å². The van der Waals surface area contributed by atoms with Gasteiger partial charge in [0, 0.05) is 69.6 Å². The summed E-state index contributed by atoms with van der Waals surface area (Å²) < 4.78 is 0. The summed E-state index contributed by atoms with van der Waals surface area (Å²) in [5.74, 6) is 1.47. The van der Waals surface area contributed by atoms with Gasteiger partial charge in [0.05, 0.1) is 11.6 Å². The zero-order valence-electron chi connectivity index (χ0n) is 18.7. The van der Waals surface area contributed by atoms with E-state index in [0.29, 0.717) is 11.9 Å². The third-order valence-corrected chi connectivity index (χ3v) is 6.01. The molecule has 33 heavy (non-hydrogen) atoms. The van der Waals surface area contributed by atoms with Gasteiger partial charge in [-0.25, -0.2) is 19.9 Å². The van der Waals surface area contributed by atoms with E-state index in [1.54, 1.807) is 6.20 Å². The molecule has 1 unspecified atom stereocenters. The number of rotatable bonds is 4. The van der Waals surface area contributed by atoms with Crippen molar-refractivity contribution in [2.45, 2.75) is 32.9 Å². The van der Waals surface area contributed by atoms with E-state index in [1.807, 2.05) is 49.8 Å². The maximum atomic E-state index is 4.79. The molecule has 0 bridgehead atoms. The first-order valence-electron chi connectivity index (χ1n) is 11.1. The number of hydrogen-bond donors (Lipinski definition) is 2. The second-order valence-electron chi connectivity index (χ2n) is 8.71. The topological polar surface area (TPSA) is 91.7 Å². The summed E-state index contributed by atoms with van der Waals surface area (Å²) in [6, 6.07) is 12.7. The number of aliphatic imine (C=N–C) groups is 1. The van der Waals surface area contributed by atoms with Crippen LogP contribution in [0.3, 0.4) is 0 Å². The van der Waals surface area contributed by atoms with Gasteiger partial charge in [-0.1, -0.05) is 6.07 Å². The van der Waals surface area contributed by atoms with Crippen LogP contribution in [-0.4, -0.2) is 36.7 Å². The number of hydrogen-bond acceptors (Lipinski definition) is 6. The lowest BCUT2D eigenvalue weighted by atomic mass is 10.0. The second kappa shape index (κ2) is 7.56. The molecule has 0 spiro atoms. The summed E-state index contributed by atoms with van der Waals surface area (Å²) in [7, 11) is 0. The molecule has 0 amide bonds. The standard InChI is InChI=1S/C26H23N7/c1-14(2)31-23-15(3)32-25-19(23)10-18(11-28-25)20-12-30-26-21(20)13-29-24(33-26)17-6-7-22-16(9-17)5-4-8-27-22/h4-14,23,31H,1-3H3,(H,29,30,33). The van der Waals surface area contributed by atoms with E-state index in [-0.39, 0.29) is 6.04 Å². The molecule has 2 N–H and O–H groups in total. The molecule has 0 fully saturated rings. The summed E-state index contributed by atoms with van der Waals surface area (Å²) in [5.41, 5.74) is 6.92. The molecule has 5 heterocycles. The Kier molecular flexibility index (Phi) is 4.52. The number of H-pyrrole nitrogens is 1. The van der Waals surface area contributed by atoms with E-state index < -0.39 is 0 Å². The van der Waals surface area contributed by atoms with Crippen LogP contribution in [0, 0.1) is 0 Å². The van der Waals surface area contributed by atoms with Gasteiger partial charge in [0.2, 0.25) is 0 Å². The average Bonchev–Trinajstić information content (AvgIpc) is 3.38. The molecule has 0 aliphatic carbocycles. The molecule has 0 saturated carbocycles. The number of fused-ring (bicyclic) bond motifs is 3. The van der Waals surface area contributed by atoms with Crippen molar-refractivity contribution in [1.82, 2.24) is 30.2 Å². The molecule has 1 aliphatic rings. The lowest BCUT2D eigenvalue weighted by Crippen LogP contribution is -2.30. The predicted octanol–water partition coefficient (Wildman–Crippen LogP) is 5.38.